The molecule has 0 spiro atoms. The van der Waals surface area contributed by atoms with Gasteiger partial charge in [0, 0.05) is 10.9 Å². The SMILES string of the molecule is N#CC1(C#N)[C@H](c2ccc(Br)cc2)O[C@@]23CCCCC[C@@H]2[C@@]1(C#N)C(=N)O3. The fraction of sp³-hybridized carbons (Fsp3) is 0.500. The van der Waals surface area contributed by atoms with Crippen LogP contribution < -0.4 is 0 Å². The molecule has 4 rings (SSSR count). The van der Waals surface area contributed by atoms with Gasteiger partial charge >= 0.3 is 0 Å². The maximum Gasteiger partial charge on any atom is 0.217 e. The molecule has 0 aromatic heterocycles. The first-order valence-electron chi connectivity index (χ1n) is 8.95. The van der Waals surface area contributed by atoms with Gasteiger partial charge in [-0.25, -0.2) is 0 Å². The number of nitriles is 3. The van der Waals surface area contributed by atoms with E-state index in [4.69, 9.17) is 14.9 Å². The zero-order valence-corrected chi connectivity index (χ0v) is 16.1. The fourth-order valence-electron chi connectivity index (χ4n) is 4.98. The molecule has 1 aliphatic carbocycles. The molecule has 4 atom stereocenters. The summed E-state index contributed by atoms with van der Waals surface area (Å²) in [5, 5.41) is 39.0. The molecular formula is C20H17BrN4O2. The van der Waals surface area contributed by atoms with Gasteiger partial charge in [-0.15, -0.1) is 0 Å². The summed E-state index contributed by atoms with van der Waals surface area (Å²) >= 11 is 3.38. The lowest BCUT2D eigenvalue weighted by molar-refractivity contribution is -0.284. The highest BCUT2D eigenvalue weighted by molar-refractivity contribution is 9.10. The Morgan fingerprint density at radius 1 is 1.04 bits per heavy atom. The van der Waals surface area contributed by atoms with Crippen LogP contribution in [0.15, 0.2) is 28.7 Å². The van der Waals surface area contributed by atoms with E-state index in [0.29, 0.717) is 18.4 Å². The molecule has 1 aromatic carbocycles. The molecule has 1 N–H and O–H groups in total. The van der Waals surface area contributed by atoms with Gasteiger partial charge in [0.05, 0.1) is 24.1 Å². The van der Waals surface area contributed by atoms with Crippen molar-refractivity contribution in [3.8, 4) is 18.2 Å². The Morgan fingerprint density at radius 2 is 1.74 bits per heavy atom. The summed E-state index contributed by atoms with van der Waals surface area (Å²) in [4.78, 5) is 0. The molecular weight excluding hydrogens is 408 g/mol. The van der Waals surface area contributed by atoms with Crippen LogP contribution in [-0.2, 0) is 9.47 Å². The maximum atomic E-state index is 10.2. The lowest BCUT2D eigenvalue weighted by Gasteiger charge is -2.49. The van der Waals surface area contributed by atoms with E-state index in [1.54, 1.807) is 12.1 Å². The van der Waals surface area contributed by atoms with Crippen molar-refractivity contribution in [2.75, 3.05) is 0 Å². The van der Waals surface area contributed by atoms with Crippen molar-refractivity contribution in [1.29, 1.82) is 21.2 Å². The first-order valence-corrected chi connectivity index (χ1v) is 9.74. The number of halogens is 1. The number of hydrogen-bond donors (Lipinski definition) is 1. The number of nitrogens with zero attached hydrogens (tertiary/aromatic N) is 3. The second kappa shape index (κ2) is 6.06. The highest BCUT2D eigenvalue weighted by Crippen LogP contribution is 2.68. The molecule has 0 amide bonds. The van der Waals surface area contributed by atoms with Crippen LogP contribution in [0.4, 0.5) is 0 Å². The quantitative estimate of drug-likeness (QED) is 0.719. The molecule has 2 heterocycles. The largest absolute Gasteiger partial charge is 0.447 e. The van der Waals surface area contributed by atoms with Crippen LogP contribution >= 0.6 is 15.9 Å². The Labute approximate surface area is 165 Å². The van der Waals surface area contributed by atoms with Crippen molar-refractivity contribution < 1.29 is 9.47 Å². The normalized spacial score (nSPS) is 36.3. The van der Waals surface area contributed by atoms with E-state index >= 15 is 0 Å². The van der Waals surface area contributed by atoms with Crippen molar-refractivity contribution in [2.45, 2.75) is 44.0 Å². The minimum absolute atomic E-state index is 0.306. The molecule has 2 bridgehead atoms. The highest BCUT2D eigenvalue weighted by atomic mass is 79.9. The van der Waals surface area contributed by atoms with Crippen LogP contribution in [0.3, 0.4) is 0 Å². The van der Waals surface area contributed by atoms with Gasteiger partial charge in [0.1, 0.15) is 6.10 Å². The van der Waals surface area contributed by atoms with Gasteiger partial charge in [-0.05, 0) is 30.5 Å². The van der Waals surface area contributed by atoms with E-state index in [1.807, 2.05) is 12.1 Å². The predicted molar refractivity (Wildman–Crippen MR) is 97.8 cm³/mol. The van der Waals surface area contributed by atoms with Crippen LogP contribution in [0.2, 0.25) is 0 Å². The van der Waals surface area contributed by atoms with Crippen molar-refractivity contribution >= 4 is 21.8 Å². The summed E-state index contributed by atoms with van der Waals surface area (Å²) in [6.45, 7) is 0. The summed E-state index contributed by atoms with van der Waals surface area (Å²) in [5.41, 5.74) is -2.88. The van der Waals surface area contributed by atoms with Crippen LogP contribution in [0.5, 0.6) is 0 Å². The third-order valence-corrected chi connectivity index (χ3v) is 6.77. The van der Waals surface area contributed by atoms with Crippen LogP contribution in [0.1, 0.15) is 43.8 Å². The van der Waals surface area contributed by atoms with Gasteiger partial charge in [-0.1, -0.05) is 40.9 Å². The molecule has 136 valence electrons. The third-order valence-electron chi connectivity index (χ3n) is 6.24. The smallest absolute Gasteiger partial charge is 0.217 e. The lowest BCUT2D eigenvalue weighted by atomic mass is 9.52. The standard InChI is InChI=1S/C20H17BrN4O2/c21-14-7-5-13(6-8-14)16-18(10-22,11-23)19(12-24)15-4-2-1-3-9-20(15,26-16)27-17(19)25/h5-8,15-16,25H,1-4,9H2/t15-,16+,19+,20-/m1/s1. The molecule has 1 aromatic rings. The third kappa shape index (κ3) is 2.09. The number of benzene rings is 1. The summed E-state index contributed by atoms with van der Waals surface area (Å²) in [7, 11) is 0. The molecule has 0 unspecified atom stereocenters. The van der Waals surface area contributed by atoms with E-state index in [2.05, 4.69) is 34.1 Å². The van der Waals surface area contributed by atoms with E-state index in [0.717, 1.165) is 23.7 Å². The molecule has 27 heavy (non-hydrogen) atoms. The minimum atomic E-state index is -1.86. The Balaban J connectivity index is 1.99. The van der Waals surface area contributed by atoms with Crippen molar-refractivity contribution in [3.05, 3.63) is 34.3 Å². The summed E-state index contributed by atoms with van der Waals surface area (Å²) < 4.78 is 13.2. The Hall–Kier alpha value is -2.40. The number of nitrogens with one attached hydrogen (secondary N) is 1. The topological polar surface area (TPSA) is 114 Å². The first kappa shape index (κ1) is 18.0. The fourth-order valence-corrected chi connectivity index (χ4v) is 5.24. The molecule has 1 saturated carbocycles. The zero-order valence-electron chi connectivity index (χ0n) is 14.5. The molecule has 2 aliphatic heterocycles. The summed E-state index contributed by atoms with van der Waals surface area (Å²) in [5.74, 6) is -1.94. The average molecular weight is 425 g/mol. The summed E-state index contributed by atoms with van der Waals surface area (Å²) in [6.07, 6.45) is 2.83. The maximum absolute atomic E-state index is 10.2. The molecule has 2 saturated heterocycles. The van der Waals surface area contributed by atoms with Crippen LogP contribution in [0.25, 0.3) is 0 Å². The first-order chi connectivity index (χ1) is 13.0. The highest BCUT2D eigenvalue weighted by Gasteiger charge is 2.80. The molecule has 3 aliphatic rings. The Kier molecular flexibility index (Phi) is 4.04. The predicted octanol–water partition coefficient (Wildman–Crippen LogP) is 4.35. The Morgan fingerprint density at radius 3 is 2.37 bits per heavy atom. The van der Waals surface area contributed by atoms with E-state index in [9.17, 15) is 15.8 Å². The van der Waals surface area contributed by atoms with Gasteiger partial charge < -0.3 is 9.47 Å². The van der Waals surface area contributed by atoms with Gasteiger partial charge in [-0.2, -0.15) is 15.8 Å². The van der Waals surface area contributed by atoms with Crippen LogP contribution in [-0.4, -0.2) is 11.7 Å². The minimum Gasteiger partial charge on any atom is -0.447 e. The van der Waals surface area contributed by atoms with E-state index < -0.39 is 28.6 Å². The molecule has 7 heteroatoms. The monoisotopic (exact) mass is 424 g/mol. The molecule has 0 radical (unpaired) electrons. The number of hydrogen-bond acceptors (Lipinski definition) is 6. The van der Waals surface area contributed by atoms with E-state index in [-0.39, 0.29) is 5.90 Å². The number of ether oxygens (including phenoxy) is 2. The number of rotatable bonds is 1. The second-order valence-electron chi connectivity index (χ2n) is 7.40. The van der Waals surface area contributed by atoms with Gasteiger partial charge in [0.25, 0.3) is 0 Å². The lowest BCUT2D eigenvalue weighted by Crippen LogP contribution is -2.59. The van der Waals surface area contributed by atoms with Gasteiger partial charge in [-0.3, -0.25) is 5.41 Å². The molecule has 3 fully saturated rings. The van der Waals surface area contributed by atoms with Crippen molar-refractivity contribution in [1.82, 2.24) is 0 Å². The van der Waals surface area contributed by atoms with Gasteiger partial charge in [0.15, 0.2) is 5.41 Å². The second-order valence-corrected chi connectivity index (χ2v) is 8.31. The molecule has 6 nitrogen and oxygen atoms in total. The van der Waals surface area contributed by atoms with Crippen molar-refractivity contribution in [2.24, 2.45) is 16.7 Å². The van der Waals surface area contributed by atoms with E-state index in [1.165, 1.54) is 0 Å². The van der Waals surface area contributed by atoms with Gasteiger partial charge in [0.2, 0.25) is 17.1 Å². The average Bonchev–Trinajstić information content (AvgIpc) is 2.81. The van der Waals surface area contributed by atoms with Crippen molar-refractivity contribution in [3.63, 3.8) is 0 Å². The van der Waals surface area contributed by atoms with Crippen LogP contribution in [0, 0.1) is 56.2 Å². The Bertz CT molecular complexity index is 911. The zero-order chi connectivity index (χ0) is 19.3. The summed E-state index contributed by atoms with van der Waals surface area (Å²) in [6, 6.07) is 13.5.